The molecule has 2 aliphatic rings. The van der Waals surface area contributed by atoms with Crippen LogP contribution in [0.4, 0.5) is 13.6 Å². The van der Waals surface area contributed by atoms with Gasteiger partial charge in [-0.2, -0.15) is 0 Å². The van der Waals surface area contributed by atoms with Crippen molar-refractivity contribution in [3.05, 3.63) is 77.4 Å². The molecule has 1 N–H and O–H groups in total. The quantitative estimate of drug-likeness (QED) is 0.703. The summed E-state index contributed by atoms with van der Waals surface area (Å²) in [5.74, 6) is -1.11. The predicted octanol–water partition coefficient (Wildman–Crippen LogP) is 4.48. The van der Waals surface area contributed by atoms with Crippen molar-refractivity contribution in [3.8, 4) is 0 Å². The highest BCUT2D eigenvalue weighted by Gasteiger charge is 2.46. The molecule has 5 nitrogen and oxygen atoms in total. The van der Waals surface area contributed by atoms with E-state index in [2.05, 4.69) is 18.7 Å². The topological polar surface area (TPSA) is 47.0 Å². The van der Waals surface area contributed by atoms with Crippen LogP contribution < -0.4 is 0 Å². The molecular weight excluding hydrogens is 436 g/mol. The highest BCUT2D eigenvalue weighted by atomic mass is 19.1. The summed E-state index contributed by atoms with van der Waals surface area (Å²) in [6.45, 7) is 5.89. The van der Waals surface area contributed by atoms with Crippen molar-refractivity contribution in [2.45, 2.75) is 44.3 Å². The van der Waals surface area contributed by atoms with Crippen LogP contribution in [0.2, 0.25) is 0 Å². The zero-order valence-corrected chi connectivity index (χ0v) is 20.0. The fourth-order valence-corrected chi connectivity index (χ4v) is 5.19. The molecule has 4 rings (SSSR count). The molecular formula is C27H33F2N3O2. The van der Waals surface area contributed by atoms with Gasteiger partial charge in [-0.25, -0.2) is 13.6 Å². The van der Waals surface area contributed by atoms with E-state index in [4.69, 9.17) is 0 Å². The molecule has 0 aromatic heterocycles. The number of rotatable bonds is 5. The van der Waals surface area contributed by atoms with E-state index in [1.807, 2.05) is 30.3 Å². The Balaban J connectivity index is 1.68. The summed E-state index contributed by atoms with van der Waals surface area (Å²) in [7, 11) is 1.80. The molecule has 1 saturated heterocycles. The summed E-state index contributed by atoms with van der Waals surface area (Å²) in [4.78, 5) is 19.6. The highest BCUT2D eigenvalue weighted by Crippen LogP contribution is 2.41. The largest absolute Gasteiger partial charge is 0.393 e. The fourth-order valence-electron chi connectivity index (χ4n) is 5.19. The number of benzene rings is 2. The van der Waals surface area contributed by atoms with Crippen LogP contribution >= 0.6 is 0 Å². The molecule has 0 aliphatic carbocycles. The number of amides is 2. The van der Waals surface area contributed by atoms with Gasteiger partial charge < -0.3 is 19.8 Å². The van der Waals surface area contributed by atoms with Crippen molar-refractivity contribution in [2.75, 3.05) is 33.3 Å². The first kappa shape index (κ1) is 24.4. The van der Waals surface area contributed by atoms with E-state index in [9.17, 15) is 18.7 Å². The van der Waals surface area contributed by atoms with Crippen LogP contribution in [-0.2, 0) is 5.54 Å². The second-order valence-corrected chi connectivity index (χ2v) is 9.58. The van der Waals surface area contributed by atoms with E-state index in [1.54, 1.807) is 22.9 Å². The normalized spacial score (nSPS) is 21.7. The average molecular weight is 470 g/mol. The number of nitrogens with zero attached hydrogens (tertiary/aromatic N) is 3. The van der Waals surface area contributed by atoms with E-state index in [0.717, 1.165) is 49.7 Å². The summed E-state index contributed by atoms with van der Waals surface area (Å²) in [5.41, 5.74) is 0.142. The summed E-state index contributed by atoms with van der Waals surface area (Å²) in [5, 5.41) is 10.6. The van der Waals surface area contributed by atoms with E-state index in [-0.39, 0.29) is 30.8 Å². The Labute approximate surface area is 200 Å². The molecule has 0 bridgehead atoms. The Bertz CT molecular complexity index is 1050. The van der Waals surface area contributed by atoms with Crippen molar-refractivity contribution in [1.29, 1.82) is 0 Å². The molecule has 2 aromatic carbocycles. The molecule has 2 heterocycles. The van der Waals surface area contributed by atoms with E-state index in [1.165, 1.54) is 0 Å². The Morgan fingerprint density at radius 1 is 1.15 bits per heavy atom. The lowest BCUT2D eigenvalue weighted by Crippen LogP contribution is -2.56. The molecule has 2 aliphatic heterocycles. The van der Waals surface area contributed by atoms with Crippen LogP contribution in [0, 0.1) is 11.6 Å². The minimum Gasteiger partial charge on any atom is -0.393 e. The Kier molecular flexibility index (Phi) is 7.05. The van der Waals surface area contributed by atoms with Crippen molar-refractivity contribution in [1.82, 2.24) is 14.7 Å². The van der Waals surface area contributed by atoms with Gasteiger partial charge in [0.2, 0.25) is 0 Å². The maximum atomic E-state index is 14.7. The molecule has 0 radical (unpaired) electrons. The molecule has 2 aromatic rings. The third kappa shape index (κ3) is 4.46. The van der Waals surface area contributed by atoms with Crippen LogP contribution in [-0.4, -0.2) is 71.2 Å². The van der Waals surface area contributed by atoms with Crippen LogP contribution in [0.1, 0.15) is 37.8 Å². The summed E-state index contributed by atoms with van der Waals surface area (Å²) in [6, 6.07) is 12.9. The molecule has 0 saturated carbocycles. The first-order valence-electron chi connectivity index (χ1n) is 11.9. The van der Waals surface area contributed by atoms with Gasteiger partial charge in [0.25, 0.3) is 0 Å². The minimum atomic E-state index is -1.17. The molecule has 182 valence electrons. The molecule has 1 unspecified atom stereocenters. The number of hydrogen-bond donors (Lipinski definition) is 1. The van der Waals surface area contributed by atoms with Crippen LogP contribution in [0.3, 0.4) is 0 Å². The summed E-state index contributed by atoms with van der Waals surface area (Å²) >= 11 is 0. The van der Waals surface area contributed by atoms with Gasteiger partial charge in [0.1, 0.15) is 17.2 Å². The number of carbonyl (C=O) groups excluding carboxylic acids is 1. The number of aliphatic hydroxyl groups is 1. The number of aliphatic hydroxyl groups excluding tert-OH is 1. The summed E-state index contributed by atoms with van der Waals surface area (Å²) in [6.07, 6.45) is 3.45. The number of carbonyl (C=O) groups is 1. The molecule has 0 spiro atoms. The van der Waals surface area contributed by atoms with Crippen molar-refractivity contribution >= 4 is 11.6 Å². The molecule has 7 heteroatoms. The predicted molar refractivity (Wildman–Crippen MR) is 129 cm³/mol. The number of urea groups is 1. The number of piperidine rings is 1. The average Bonchev–Trinajstić information content (AvgIpc) is 3.26. The molecule has 34 heavy (non-hydrogen) atoms. The zero-order valence-electron chi connectivity index (χ0n) is 20.0. The minimum absolute atomic E-state index is 0.0733. The van der Waals surface area contributed by atoms with E-state index < -0.39 is 17.2 Å². The second kappa shape index (κ2) is 9.84. The zero-order chi connectivity index (χ0) is 24.5. The number of hydrogen-bond acceptors (Lipinski definition) is 3. The smallest absolute Gasteiger partial charge is 0.321 e. The standard InChI is InChI=1S/C27H33F2N3O2/c1-19(2)31-13-11-23(12-14-31)30(3)26(34)32-17-20(24-15-22(28)9-10-25(24)29)16-27(32,18-33)21-7-5-4-6-8-21/h4-10,15-16,19,23,33H,11-14,17-18H2,1-3H3. The van der Waals surface area contributed by atoms with Gasteiger partial charge in [-0.05, 0) is 62.1 Å². The first-order valence-corrected chi connectivity index (χ1v) is 11.9. The maximum Gasteiger partial charge on any atom is 0.321 e. The third-order valence-corrected chi connectivity index (χ3v) is 7.32. The summed E-state index contributed by atoms with van der Waals surface area (Å²) < 4.78 is 28.6. The van der Waals surface area contributed by atoms with Gasteiger partial charge in [-0.3, -0.25) is 0 Å². The number of halogens is 2. The Morgan fingerprint density at radius 3 is 2.44 bits per heavy atom. The van der Waals surface area contributed by atoms with E-state index >= 15 is 0 Å². The Morgan fingerprint density at radius 2 is 1.82 bits per heavy atom. The molecule has 1 atom stereocenters. The fraction of sp³-hybridized carbons (Fsp3) is 0.444. The van der Waals surface area contributed by atoms with Crippen LogP contribution in [0.25, 0.3) is 5.57 Å². The maximum absolute atomic E-state index is 14.7. The monoisotopic (exact) mass is 469 g/mol. The SMILES string of the molecule is CC(C)N1CCC(N(C)C(=O)N2CC(c3cc(F)ccc3F)=CC2(CO)c2ccccc2)CC1. The van der Waals surface area contributed by atoms with Crippen molar-refractivity contribution in [3.63, 3.8) is 0 Å². The first-order chi connectivity index (χ1) is 16.3. The lowest BCUT2D eigenvalue weighted by atomic mass is 9.89. The van der Waals surface area contributed by atoms with Gasteiger partial charge in [0.05, 0.1) is 6.61 Å². The van der Waals surface area contributed by atoms with Crippen molar-refractivity contribution in [2.24, 2.45) is 0 Å². The lowest BCUT2D eigenvalue weighted by Gasteiger charge is -2.43. The van der Waals surface area contributed by atoms with Gasteiger partial charge >= 0.3 is 6.03 Å². The Hall–Kier alpha value is -2.77. The van der Waals surface area contributed by atoms with Crippen LogP contribution in [0.15, 0.2) is 54.6 Å². The third-order valence-electron chi connectivity index (χ3n) is 7.32. The highest BCUT2D eigenvalue weighted by molar-refractivity contribution is 5.83. The van der Waals surface area contributed by atoms with Gasteiger partial charge in [0, 0.05) is 44.3 Å². The molecule has 1 fully saturated rings. The van der Waals surface area contributed by atoms with Gasteiger partial charge in [-0.1, -0.05) is 30.3 Å². The van der Waals surface area contributed by atoms with Gasteiger partial charge in [-0.15, -0.1) is 0 Å². The lowest BCUT2D eigenvalue weighted by molar-refractivity contribution is 0.0648. The van der Waals surface area contributed by atoms with E-state index in [0.29, 0.717) is 11.6 Å². The second-order valence-electron chi connectivity index (χ2n) is 9.58. The van der Waals surface area contributed by atoms with Crippen LogP contribution in [0.5, 0.6) is 0 Å². The molecule has 2 amide bonds. The van der Waals surface area contributed by atoms with Gasteiger partial charge in [0.15, 0.2) is 0 Å². The van der Waals surface area contributed by atoms with Crippen molar-refractivity contribution < 1.29 is 18.7 Å². The number of likely N-dealkylation sites (tertiary alicyclic amines) is 1.